The van der Waals surface area contributed by atoms with Crippen molar-refractivity contribution >= 4 is 33.2 Å². The Morgan fingerprint density at radius 3 is 2.50 bits per heavy atom. The molecule has 0 aliphatic carbocycles. The summed E-state index contributed by atoms with van der Waals surface area (Å²) in [5.74, 6) is 0.0777. The van der Waals surface area contributed by atoms with E-state index < -0.39 is 10.0 Å². The summed E-state index contributed by atoms with van der Waals surface area (Å²) in [4.78, 5) is 16.7. The fourth-order valence-corrected chi connectivity index (χ4v) is 4.91. The Kier molecular flexibility index (Phi) is 6.91. The van der Waals surface area contributed by atoms with Crippen LogP contribution in [0.25, 0.3) is 11.5 Å². The lowest BCUT2D eigenvalue weighted by atomic mass is 10.2. The fraction of sp³-hybridized carbons (Fsp3) is 0.238. The molecule has 1 amide bonds. The first-order chi connectivity index (χ1) is 14.3. The number of sulfonamides is 1. The summed E-state index contributed by atoms with van der Waals surface area (Å²) < 4.78 is 32.3. The molecule has 0 unspecified atom stereocenters. The van der Waals surface area contributed by atoms with Gasteiger partial charge >= 0.3 is 0 Å². The van der Waals surface area contributed by atoms with Crippen molar-refractivity contribution in [3.8, 4) is 11.5 Å². The molecule has 0 atom stereocenters. The highest BCUT2D eigenvalue weighted by molar-refractivity contribution is 7.89. The molecule has 0 fully saturated rings. The Balaban J connectivity index is 1.74. The molecule has 9 heteroatoms. The van der Waals surface area contributed by atoms with Gasteiger partial charge in [0.15, 0.2) is 0 Å². The number of amides is 1. The molecule has 0 aliphatic rings. The molecule has 1 N–H and O–H groups in total. The minimum absolute atomic E-state index is 0.0168. The summed E-state index contributed by atoms with van der Waals surface area (Å²) in [6.45, 7) is 4.15. The van der Waals surface area contributed by atoms with Gasteiger partial charge in [-0.25, -0.2) is 13.4 Å². The van der Waals surface area contributed by atoms with Crippen molar-refractivity contribution < 1.29 is 17.6 Å². The minimum Gasteiger partial charge on any atom is -0.444 e. The number of hydrogen-bond donors (Lipinski definition) is 1. The zero-order valence-corrected chi connectivity index (χ0v) is 18.2. The number of halogens is 1. The molecule has 0 bridgehead atoms. The zero-order chi connectivity index (χ0) is 21.7. The Morgan fingerprint density at radius 2 is 1.83 bits per heavy atom. The van der Waals surface area contributed by atoms with Crippen molar-refractivity contribution in [1.29, 1.82) is 0 Å². The number of benzene rings is 2. The molecule has 0 aliphatic heterocycles. The van der Waals surface area contributed by atoms with E-state index in [1.807, 2.05) is 30.3 Å². The first-order valence-electron chi connectivity index (χ1n) is 9.44. The summed E-state index contributed by atoms with van der Waals surface area (Å²) in [5.41, 5.74) is 1.62. The monoisotopic (exact) mass is 447 g/mol. The largest absolute Gasteiger partial charge is 0.444 e. The maximum Gasteiger partial charge on any atom is 0.244 e. The van der Waals surface area contributed by atoms with Crippen molar-refractivity contribution in [2.75, 3.05) is 18.4 Å². The molecule has 0 radical (unpaired) electrons. The second kappa shape index (κ2) is 9.42. The predicted molar refractivity (Wildman–Crippen MR) is 116 cm³/mol. The lowest BCUT2D eigenvalue weighted by molar-refractivity contribution is -0.115. The predicted octanol–water partition coefficient (Wildman–Crippen LogP) is 4.21. The number of carbonyl (C=O) groups is 1. The third-order valence-corrected chi connectivity index (χ3v) is 6.98. The molecular formula is C21H22ClN3O4S. The number of oxazole rings is 1. The fourth-order valence-electron chi connectivity index (χ4n) is 2.95. The van der Waals surface area contributed by atoms with Crippen LogP contribution in [-0.2, 0) is 21.2 Å². The molecule has 2 aromatic carbocycles. The molecular weight excluding hydrogens is 426 g/mol. The van der Waals surface area contributed by atoms with E-state index in [0.29, 0.717) is 30.4 Å². The topological polar surface area (TPSA) is 92.5 Å². The van der Waals surface area contributed by atoms with Gasteiger partial charge in [-0.15, -0.1) is 0 Å². The van der Waals surface area contributed by atoms with Gasteiger partial charge in [0.2, 0.25) is 21.8 Å². The average Bonchev–Trinajstić information content (AvgIpc) is 3.19. The van der Waals surface area contributed by atoms with E-state index >= 15 is 0 Å². The van der Waals surface area contributed by atoms with Crippen LogP contribution in [0.1, 0.15) is 19.5 Å². The molecule has 7 nitrogen and oxygen atoms in total. The van der Waals surface area contributed by atoms with Crippen molar-refractivity contribution in [3.05, 3.63) is 65.5 Å². The number of carbonyl (C=O) groups excluding carboxylic acids is 1. The third-order valence-electron chi connectivity index (χ3n) is 4.45. The molecule has 30 heavy (non-hydrogen) atoms. The summed E-state index contributed by atoms with van der Waals surface area (Å²) in [6.07, 6.45) is 1.41. The van der Waals surface area contributed by atoms with Crippen molar-refractivity contribution in [2.45, 2.75) is 25.2 Å². The molecule has 0 saturated heterocycles. The zero-order valence-electron chi connectivity index (χ0n) is 16.6. The molecule has 1 aromatic heterocycles. The molecule has 1 heterocycles. The number of rotatable bonds is 8. The van der Waals surface area contributed by atoms with Crippen LogP contribution in [0.2, 0.25) is 5.02 Å². The maximum atomic E-state index is 12.8. The van der Waals surface area contributed by atoms with E-state index in [-0.39, 0.29) is 22.2 Å². The smallest absolute Gasteiger partial charge is 0.244 e. The second-order valence-corrected chi connectivity index (χ2v) is 8.78. The number of aromatic nitrogens is 1. The van der Waals surface area contributed by atoms with Crippen LogP contribution >= 0.6 is 11.6 Å². The van der Waals surface area contributed by atoms with Crippen LogP contribution in [0.15, 0.2) is 64.1 Å². The van der Waals surface area contributed by atoms with Crippen LogP contribution in [0.3, 0.4) is 0 Å². The quantitative estimate of drug-likeness (QED) is 0.558. The maximum absolute atomic E-state index is 12.8. The van der Waals surface area contributed by atoms with Gasteiger partial charge in [-0.05, 0) is 30.3 Å². The van der Waals surface area contributed by atoms with Crippen molar-refractivity contribution in [2.24, 2.45) is 0 Å². The highest BCUT2D eigenvalue weighted by Gasteiger charge is 2.25. The lowest BCUT2D eigenvalue weighted by Gasteiger charge is -2.19. The van der Waals surface area contributed by atoms with Crippen LogP contribution in [-0.4, -0.2) is 36.7 Å². The summed E-state index contributed by atoms with van der Waals surface area (Å²) in [5, 5.41) is 2.79. The van der Waals surface area contributed by atoms with Gasteiger partial charge in [-0.2, -0.15) is 4.31 Å². The Hall–Kier alpha value is -2.68. The lowest BCUT2D eigenvalue weighted by Crippen LogP contribution is -2.31. The number of hydrogen-bond acceptors (Lipinski definition) is 5. The normalized spacial score (nSPS) is 11.6. The minimum atomic E-state index is -3.75. The molecule has 158 valence electrons. The van der Waals surface area contributed by atoms with Gasteiger partial charge in [0.05, 0.1) is 17.1 Å². The van der Waals surface area contributed by atoms with Gasteiger partial charge in [0.25, 0.3) is 0 Å². The number of nitrogens with zero attached hydrogens (tertiary/aromatic N) is 2. The van der Waals surface area contributed by atoms with Crippen molar-refractivity contribution in [3.63, 3.8) is 0 Å². The molecule has 0 spiro atoms. The van der Waals surface area contributed by atoms with E-state index in [2.05, 4.69) is 10.3 Å². The Labute approximate surface area is 180 Å². The number of nitrogens with one attached hydrogen (secondary N) is 1. The summed E-state index contributed by atoms with van der Waals surface area (Å²) in [7, 11) is -3.75. The van der Waals surface area contributed by atoms with Crippen molar-refractivity contribution in [1.82, 2.24) is 9.29 Å². The van der Waals surface area contributed by atoms with Crippen LogP contribution < -0.4 is 5.32 Å². The van der Waals surface area contributed by atoms with Gasteiger partial charge in [0, 0.05) is 24.3 Å². The Bertz CT molecular complexity index is 1130. The highest BCUT2D eigenvalue weighted by atomic mass is 35.5. The molecule has 3 rings (SSSR count). The standard InChI is InChI=1S/C21H22ClN3O4S/c1-3-25(4-2)30(27,28)19-12-16(10-11-18(19)22)23-20(26)13-17-14-29-21(24-17)15-8-6-5-7-9-15/h5-12,14H,3-4,13H2,1-2H3,(H,23,26). The third kappa shape index (κ3) is 4.89. The summed E-state index contributed by atoms with van der Waals surface area (Å²) in [6, 6.07) is 13.7. The first kappa shape index (κ1) is 22.0. The summed E-state index contributed by atoms with van der Waals surface area (Å²) >= 11 is 6.13. The highest BCUT2D eigenvalue weighted by Crippen LogP contribution is 2.28. The van der Waals surface area contributed by atoms with Gasteiger partial charge in [0.1, 0.15) is 11.2 Å². The SMILES string of the molecule is CCN(CC)S(=O)(=O)c1cc(NC(=O)Cc2coc(-c3ccccc3)n2)ccc1Cl. The van der Waals surface area contributed by atoms with Crippen LogP contribution in [0.5, 0.6) is 0 Å². The Morgan fingerprint density at radius 1 is 1.13 bits per heavy atom. The molecule has 3 aromatic rings. The average molecular weight is 448 g/mol. The van der Waals surface area contributed by atoms with Crippen LogP contribution in [0.4, 0.5) is 5.69 Å². The van der Waals surface area contributed by atoms with Gasteiger partial charge in [-0.3, -0.25) is 4.79 Å². The van der Waals surface area contributed by atoms with E-state index in [1.165, 1.54) is 22.7 Å². The second-order valence-electron chi connectivity index (χ2n) is 6.47. The van der Waals surface area contributed by atoms with Crippen LogP contribution in [0, 0.1) is 0 Å². The number of anilines is 1. The first-order valence-corrected chi connectivity index (χ1v) is 11.3. The van der Waals surface area contributed by atoms with Gasteiger partial charge in [-0.1, -0.05) is 43.6 Å². The van der Waals surface area contributed by atoms with E-state index in [0.717, 1.165) is 5.56 Å². The van der Waals surface area contributed by atoms with E-state index in [9.17, 15) is 13.2 Å². The van der Waals surface area contributed by atoms with E-state index in [1.54, 1.807) is 19.9 Å². The molecule has 0 saturated carbocycles. The van der Waals surface area contributed by atoms with E-state index in [4.69, 9.17) is 16.0 Å². The van der Waals surface area contributed by atoms with Gasteiger partial charge < -0.3 is 9.73 Å².